The van der Waals surface area contributed by atoms with Crippen molar-refractivity contribution in [2.45, 2.75) is 32.9 Å². The number of likely N-dealkylation sites (N-methyl/N-ethyl adjacent to an activating group) is 1. The summed E-state index contributed by atoms with van der Waals surface area (Å²) in [5, 5.41) is 4.73. The SMILES string of the molecule is CCN(CC)C(=O)[C@H]1Cc2c(sc3ccccc23)CN1. The molecule has 0 radical (unpaired) electrons. The van der Waals surface area contributed by atoms with E-state index >= 15 is 0 Å². The molecule has 0 saturated carbocycles. The Hall–Kier alpha value is -1.39. The van der Waals surface area contributed by atoms with E-state index in [1.807, 2.05) is 30.1 Å². The minimum atomic E-state index is -0.0691. The molecule has 1 atom stereocenters. The number of hydrogen-bond acceptors (Lipinski definition) is 3. The summed E-state index contributed by atoms with van der Waals surface area (Å²) in [4.78, 5) is 15.8. The van der Waals surface area contributed by atoms with Gasteiger partial charge in [0.15, 0.2) is 0 Å². The van der Waals surface area contributed by atoms with E-state index in [-0.39, 0.29) is 11.9 Å². The monoisotopic (exact) mass is 288 g/mol. The second-order valence-corrected chi connectivity index (χ2v) is 6.28. The number of fused-ring (bicyclic) bond motifs is 3. The van der Waals surface area contributed by atoms with E-state index in [0.717, 1.165) is 26.1 Å². The van der Waals surface area contributed by atoms with Crippen molar-refractivity contribution >= 4 is 27.3 Å². The highest BCUT2D eigenvalue weighted by Gasteiger charge is 2.29. The first kappa shape index (κ1) is 13.6. The lowest BCUT2D eigenvalue weighted by atomic mass is 9.98. The first-order valence-corrected chi connectivity index (χ1v) is 8.07. The normalized spacial score (nSPS) is 18.0. The lowest BCUT2D eigenvalue weighted by Crippen LogP contribution is -2.49. The molecule has 3 rings (SSSR count). The molecular formula is C16H20N2OS. The first-order chi connectivity index (χ1) is 9.74. The molecule has 1 aliphatic heterocycles. The Morgan fingerprint density at radius 3 is 2.85 bits per heavy atom. The molecule has 1 aromatic carbocycles. The quantitative estimate of drug-likeness (QED) is 0.942. The zero-order chi connectivity index (χ0) is 14.1. The number of nitrogens with zero attached hydrogens (tertiary/aromatic N) is 1. The van der Waals surface area contributed by atoms with Gasteiger partial charge in [-0.1, -0.05) is 18.2 Å². The van der Waals surface area contributed by atoms with Gasteiger partial charge in [-0.2, -0.15) is 0 Å². The second kappa shape index (κ2) is 5.54. The highest BCUT2D eigenvalue weighted by molar-refractivity contribution is 7.19. The third-order valence-corrected chi connectivity index (χ3v) is 5.29. The summed E-state index contributed by atoms with van der Waals surface area (Å²) in [6.07, 6.45) is 0.814. The molecule has 0 spiro atoms. The molecular weight excluding hydrogens is 268 g/mol. The van der Waals surface area contributed by atoms with Crippen LogP contribution < -0.4 is 5.32 Å². The predicted molar refractivity (Wildman–Crippen MR) is 84.1 cm³/mol. The van der Waals surface area contributed by atoms with E-state index < -0.39 is 0 Å². The molecule has 1 amide bonds. The molecule has 0 bridgehead atoms. The van der Waals surface area contributed by atoms with Crippen LogP contribution in [0.3, 0.4) is 0 Å². The lowest BCUT2D eigenvalue weighted by Gasteiger charge is -2.28. The number of amides is 1. The zero-order valence-electron chi connectivity index (χ0n) is 12.0. The first-order valence-electron chi connectivity index (χ1n) is 7.26. The molecule has 106 valence electrons. The van der Waals surface area contributed by atoms with Crippen molar-refractivity contribution in [2.75, 3.05) is 13.1 Å². The van der Waals surface area contributed by atoms with Crippen LogP contribution in [0.4, 0.5) is 0 Å². The van der Waals surface area contributed by atoms with E-state index in [1.165, 1.54) is 20.5 Å². The molecule has 3 nitrogen and oxygen atoms in total. The summed E-state index contributed by atoms with van der Waals surface area (Å²) in [6, 6.07) is 8.43. The molecule has 1 N–H and O–H groups in total. The fourth-order valence-corrected chi connectivity index (χ4v) is 4.12. The van der Waals surface area contributed by atoms with Crippen LogP contribution in [0.5, 0.6) is 0 Å². The van der Waals surface area contributed by atoms with Gasteiger partial charge < -0.3 is 10.2 Å². The minimum absolute atomic E-state index is 0.0691. The van der Waals surface area contributed by atoms with Crippen molar-refractivity contribution in [3.63, 3.8) is 0 Å². The van der Waals surface area contributed by atoms with Gasteiger partial charge in [-0.3, -0.25) is 4.79 Å². The Labute approximate surface area is 123 Å². The van der Waals surface area contributed by atoms with Crippen LogP contribution in [0.25, 0.3) is 10.1 Å². The predicted octanol–water partition coefficient (Wildman–Crippen LogP) is 2.78. The van der Waals surface area contributed by atoms with E-state index in [9.17, 15) is 4.79 Å². The molecule has 0 saturated heterocycles. The second-order valence-electron chi connectivity index (χ2n) is 5.15. The lowest BCUT2D eigenvalue weighted by molar-refractivity contribution is -0.133. The van der Waals surface area contributed by atoms with E-state index in [0.29, 0.717) is 0 Å². The molecule has 4 heteroatoms. The zero-order valence-corrected chi connectivity index (χ0v) is 12.8. The van der Waals surface area contributed by atoms with Crippen molar-refractivity contribution in [2.24, 2.45) is 0 Å². The molecule has 1 aliphatic rings. The number of carbonyl (C=O) groups is 1. The maximum Gasteiger partial charge on any atom is 0.240 e. The van der Waals surface area contributed by atoms with Crippen LogP contribution in [-0.2, 0) is 17.8 Å². The Morgan fingerprint density at radius 1 is 1.35 bits per heavy atom. The van der Waals surface area contributed by atoms with Crippen molar-refractivity contribution in [1.82, 2.24) is 10.2 Å². The third-order valence-electron chi connectivity index (χ3n) is 4.07. The Morgan fingerprint density at radius 2 is 2.10 bits per heavy atom. The standard InChI is InChI=1S/C16H20N2OS/c1-3-18(4-2)16(19)13-9-12-11-7-5-6-8-14(11)20-15(12)10-17-13/h5-8,13,17H,3-4,9-10H2,1-2H3/t13-/m1/s1. The van der Waals surface area contributed by atoms with Crippen LogP contribution in [0.15, 0.2) is 24.3 Å². The largest absolute Gasteiger partial charge is 0.342 e. The Kier molecular flexibility index (Phi) is 3.76. The van der Waals surface area contributed by atoms with Gasteiger partial charge in [-0.05, 0) is 37.3 Å². The summed E-state index contributed by atoms with van der Waals surface area (Å²) >= 11 is 1.85. The van der Waals surface area contributed by atoms with Gasteiger partial charge in [0.1, 0.15) is 0 Å². The number of nitrogens with one attached hydrogen (secondary N) is 1. The summed E-state index contributed by atoms with van der Waals surface area (Å²) in [6.45, 7) is 6.45. The molecule has 20 heavy (non-hydrogen) atoms. The van der Waals surface area contributed by atoms with Crippen LogP contribution in [0, 0.1) is 0 Å². The number of hydrogen-bond donors (Lipinski definition) is 1. The maximum absolute atomic E-state index is 12.5. The average molecular weight is 288 g/mol. The minimum Gasteiger partial charge on any atom is -0.342 e. The van der Waals surface area contributed by atoms with E-state index in [4.69, 9.17) is 0 Å². The van der Waals surface area contributed by atoms with Crippen LogP contribution >= 0.6 is 11.3 Å². The van der Waals surface area contributed by atoms with Crippen molar-refractivity contribution in [3.8, 4) is 0 Å². The Balaban J connectivity index is 1.89. The Bertz CT molecular complexity index is 630. The average Bonchev–Trinajstić information content (AvgIpc) is 2.86. The van der Waals surface area contributed by atoms with Gasteiger partial charge in [-0.25, -0.2) is 0 Å². The van der Waals surface area contributed by atoms with Gasteiger partial charge >= 0.3 is 0 Å². The topological polar surface area (TPSA) is 32.3 Å². The van der Waals surface area contributed by atoms with Crippen LogP contribution in [0.1, 0.15) is 24.3 Å². The number of benzene rings is 1. The van der Waals surface area contributed by atoms with Crippen molar-refractivity contribution < 1.29 is 4.79 Å². The van der Waals surface area contributed by atoms with Gasteiger partial charge in [0.2, 0.25) is 5.91 Å². The summed E-state index contributed by atoms with van der Waals surface area (Å²) in [5.41, 5.74) is 1.37. The molecule has 0 fully saturated rings. The number of carbonyl (C=O) groups excluding carboxylic acids is 1. The number of thiophene rings is 1. The third kappa shape index (κ3) is 2.23. The van der Waals surface area contributed by atoms with Crippen molar-refractivity contribution in [3.05, 3.63) is 34.7 Å². The molecule has 2 heterocycles. The molecule has 0 aliphatic carbocycles. The fourth-order valence-electron chi connectivity index (χ4n) is 2.94. The highest BCUT2D eigenvalue weighted by Crippen LogP contribution is 2.34. The molecule has 0 unspecified atom stereocenters. The summed E-state index contributed by atoms with van der Waals surface area (Å²) < 4.78 is 1.33. The van der Waals surface area contributed by atoms with Gasteiger partial charge in [0.05, 0.1) is 6.04 Å². The highest BCUT2D eigenvalue weighted by atomic mass is 32.1. The van der Waals surface area contributed by atoms with Crippen molar-refractivity contribution in [1.29, 1.82) is 0 Å². The molecule has 1 aromatic heterocycles. The van der Waals surface area contributed by atoms with Gasteiger partial charge in [0.25, 0.3) is 0 Å². The van der Waals surface area contributed by atoms with Crippen LogP contribution in [-0.4, -0.2) is 29.9 Å². The number of rotatable bonds is 3. The van der Waals surface area contributed by atoms with Gasteiger partial charge in [0, 0.05) is 29.2 Å². The van der Waals surface area contributed by atoms with Crippen LogP contribution in [0.2, 0.25) is 0 Å². The maximum atomic E-state index is 12.5. The summed E-state index contributed by atoms with van der Waals surface area (Å²) in [5.74, 6) is 0.232. The summed E-state index contributed by atoms with van der Waals surface area (Å²) in [7, 11) is 0. The van der Waals surface area contributed by atoms with E-state index in [1.54, 1.807) is 0 Å². The molecule has 2 aromatic rings. The smallest absolute Gasteiger partial charge is 0.240 e. The fraction of sp³-hybridized carbons (Fsp3) is 0.438. The van der Waals surface area contributed by atoms with Gasteiger partial charge in [-0.15, -0.1) is 11.3 Å². The van der Waals surface area contributed by atoms with E-state index in [2.05, 4.69) is 29.6 Å².